The average molecular weight is 543 g/mol. The Kier molecular flexibility index (Phi) is 10.4. The van der Waals surface area contributed by atoms with Crippen LogP contribution in [0.4, 0.5) is 0 Å². The monoisotopic (exact) mass is 542 g/mol. The van der Waals surface area contributed by atoms with Crippen LogP contribution in [0.1, 0.15) is 149 Å². The molecule has 5 fully saturated rings. The second-order valence-corrected chi connectivity index (χ2v) is 15.0. The fourth-order valence-electron chi connectivity index (χ4n) is 9.26. The molecule has 222 valence electrons. The lowest BCUT2D eigenvalue weighted by Gasteiger charge is -2.40. The van der Waals surface area contributed by atoms with E-state index in [1.165, 1.54) is 83.5 Å². The molecule has 0 radical (unpaired) electrons. The molecule has 0 atom stereocenters. The van der Waals surface area contributed by atoms with Gasteiger partial charge < -0.3 is 9.47 Å². The Labute approximate surface area is 239 Å². The minimum atomic E-state index is -0.586. The maximum absolute atomic E-state index is 13.4. The molecule has 4 nitrogen and oxygen atoms in total. The Morgan fingerprint density at radius 2 is 0.923 bits per heavy atom. The van der Waals surface area contributed by atoms with E-state index in [-0.39, 0.29) is 30.4 Å². The summed E-state index contributed by atoms with van der Waals surface area (Å²) in [5.41, 5.74) is -0.586. The van der Waals surface area contributed by atoms with Gasteiger partial charge in [0.25, 0.3) is 0 Å². The summed E-state index contributed by atoms with van der Waals surface area (Å²) in [7, 11) is 0. The van der Waals surface area contributed by atoms with Crippen LogP contribution in [0.25, 0.3) is 0 Å². The molecular formula is C35H58O4. The molecule has 5 aliphatic rings. The number of rotatable bonds is 7. The fourth-order valence-corrected chi connectivity index (χ4v) is 9.26. The maximum atomic E-state index is 13.4. The third-order valence-electron chi connectivity index (χ3n) is 12.2. The highest BCUT2D eigenvalue weighted by Crippen LogP contribution is 2.44. The molecule has 0 saturated heterocycles. The van der Waals surface area contributed by atoms with E-state index in [2.05, 4.69) is 13.8 Å². The summed E-state index contributed by atoms with van der Waals surface area (Å²) >= 11 is 0. The second-order valence-electron chi connectivity index (χ2n) is 15.0. The van der Waals surface area contributed by atoms with Crippen LogP contribution in [0.3, 0.4) is 0 Å². The third-order valence-corrected chi connectivity index (χ3v) is 12.2. The minimum Gasteiger partial charge on any atom is -0.461 e. The first-order chi connectivity index (χ1) is 18.9. The smallest absolute Gasteiger partial charge is 0.309 e. The maximum Gasteiger partial charge on any atom is 0.309 e. The molecule has 0 aromatic rings. The van der Waals surface area contributed by atoms with Gasteiger partial charge in [-0.15, -0.1) is 0 Å². The van der Waals surface area contributed by atoms with Crippen LogP contribution in [0, 0.1) is 47.3 Å². The Hall–Kier alpha value is -1.06. The first-order valence-corrected chi connectivity index (χ1v) is 17.3. The standard InChI is InChI=1S/C35H58O4/c1-25-6-10-27(11-7-25)29-14-18-31(19-15-29)33(36)38-24-35(22-4-3-5-23-35)39-34(37)32-20-16-30(17-21-32)28-12-8-26(2)9-13-28/h25-32H,3-24H2,1-2H3. The van der Waals surface area contributed by atoms with Gasteiger partial charge in [-0.05, 0) is 138 Å². The zero-order valence-corrected chi connectivity index (χ0v) is 25.3. The van der Waals surface area contributed by atoms with Crippen LogP contribution in [-0.2, 0) is 19.1 Å². The summed E-state index contributed by atoms with van der Waals surface area (Å²) < 4.78 is 12.3. The lowest BCUT2D eigenvalue weighted by atomic mass is 9.69. The number of hydrogen-bond donors (Lipinski definition) is 0. The van der Waals surface area contributed by atoms with Gasteiger partial charge in [-0.3, -0.25) is 9.59 Å². The molecule has 0 aliphatic heterocycles. The highest BCUT2D eigenvalue weighted by Gasteiger charge is 2.41. The summed E-state index contributed by atoms with van der Waals surface area (Å²) in [6.07, 6.45) is 24.7. The Bertz CT molecular complexity index is 768. The molecular weight excluding hydrogens is 484 g/mol. The molecule has 0 N–H and O–H groups in total. The predicted octanol–water partition coefficient (Wildman–Crippen LogP) is 9.04. The quantitative estimate of drug-likeness (QED) is 0.301. The Morgan fingerprint density at radius 3 is 1.36 bits per heavy atom. The van der Waals surface area contributed by atoms with Gasteiger partial charge in [0, 0.05) is 0 Å². The van der Waals surface area contributed by atoms with Crippen molar-refractivity contribution in [2.45, 2.75) is 154 Å². The van der Waals surface area contributed by atoms with E-state index in [0.29, 0.717) is 0 Å². The van der Waals surface area contributed by atoms with E-state index >= 15 is 0 Å². The summed E-state index contributed by atoms with van der Waals surface area (Å²) in [6.45, 7) is 5.06. The van der Waals surface area contributed by atoms with Crippen molar-refractivity contribution < 1.29 is 19.1 Å². The van der Waals surface area contributed by atoms with Gasteiger partial charge in [0.1, 0.15) is 12.2 Å². The van der Waals surface area contributed by atoms with Crippen molar-refractivity contribution in [2.24, 2.45) is 47.3 Å². The molecule has 0 unspecified atom stereocenters. The molecule has 0 heterocycles. The predicted molar refractivity (Wildman–Crippen MR) is 156 cm³/mol. The summed E-state index contributed by atoms with van der Waals surface area (Å²) in [5.74, 6) is 5.21. The van der Waals surface area contributed by atoms with Crippen molar-refractivity contribution in [1.29, 1.82) is 0 Å². The molecule has 0 bridgehead atoms. The zero-order valence-electron chi connectivity index (χ0n) is 25.3. The fraction of sp³-hybridized carbons (Fsp3) is 0.943. The zero-order chi connectivity index (χ0) is 27.2. The topological polar surface area (TPSA) is 52.6 Å². The van der Waals surface area contributed by atoms with Crippen molar-refractivity contribution >= 4 is 11.9 Å². The van der Waals surface area contributed by atoms with Crippen LogP contribution in [0.15, 0.2) is 0 Å². The number of hydrogen-bond acceptors (Lipinski definition) is 4. The van der Waals surface area contributed by atoms with E-state index < -0.39 is 5.60 Å². The van der Waals surface area contributed by atoms with E-state index in [9.17, 15) is 9.59 Å². The first-order valence-electron chi connectivity index (χ1n) is 17.3. The van der Waals surface area contributed by atoms with Crippen LogP contribution >= 0.6 is 0 Å². The summed E-state index contributed by atoms with van der Waals surface area (Å²) in [5, 5.41) is 0. The number of esters is 2. The van der Waals surface area contributed by atoms with Crippen molar-refractivity contribution in [3.8, 4) is 0 Å². The van der Waals surface area contributed by atoms with Crippen LogP contribution < -0.4 is 0 Å². The van der Waals surface area contributed by atoms with Crippen molar-refractivity contribution in [1.82, 2.24) is 0 Å². The molecule has 39 heavy (non-hydrogen) atoms. The highest BCUT2D eigenvalue weighted by molar-refractivity contribution is 5.74. The molecule has 5 rings (SSSR count). The molecule has 4 heteroatoms. The van der Waals surface area contributed by atoms with Gasteiger partial charge >= 0.3 is 11.9 Å². The SMILES string of the molecule is CC1CCC(C2CCC(C(=O)OCC3(OC(=O)C4CCC(C5CCC(C)CC5)CC4)CCCCC3)CC2)CC1. The van der Waals surface area contributed by atoms with Gasteiger partial charge in [0.15, 0.2) is 0 Å². The lowest BCUT2D eigenvalue weighted by Crippen LogP contribution is -2.45. The highest BCUT2D eigenvalue weighted by atomic mass is 16.6. The van der Waals surface area contributed by atoms with Crippen molar-refractivity contribution in [2.75, 3.05) is 6.61 Å². The van der Waals surface area contributed by atoms with E-state index in [1.54, 1.807) is 0 Å². The van der Waals surface area contributed by atoms with Gasteiger partial charge in [0.2, 0.25) is 0 Å². The van der Waals surface area contributed by atoms with Crippen LogP contribution in [0.5, 0.6) is 0 Å². The number of carbonyl (C=O) groups excluding carboxylic acids is 2. The summed E-state index contributed by atoms with van der Waals surface area (Å²) in [4.78, 5) is 26.5. The van der Waals surface area contributed by atoms with Crippen molar-refractivity contribution in [3.63, 3.8) is 0 Å². The molecule has 0 amide bonds. The van der Waals surface area contributed by atoms with E-state index in [4.69, 9.17) is 9.47 Å². The Balaban J connectivity index is 1.07. The molecule has 0 aromatic heterocycles. The van der Waals surface area contributed by atoms with E-state index in [1.807, 2.05) is 0 Å². The number of ether oxygens (including phenoxy) is 2. The third kappa shape index (κ3) is 7.82. The normalized spacial score (nSPS) is 39.4. The van der Waals surface area contributed by atoms with Crippen LogP contribution in [0.2, 0.25) is 0 Å². The summed E-state index contributed by atoms with van der Waals surface area (Å²) in [6, 6.07) is 0. The lowest BCUT2D eigenvalue weighted by molar-refractivity contribution is -0.184. The minimum absolute atomic E-state index is 0.00836. The van der Waals surface area contributed by atoms with Gasteiger partial charge in [-0.2, -0.15) is 0 Å². The molecule has 0 aromatic carbocycles. The average Bonchev–Trinajstić information content (AvgIpc) is 2.97. The Morgan fingerprint density at radius 1 is 0.538 bits per heavy atom. The largest absolute Gasteiger partial charge is 0.461 e. The first kappa shape index (κ1) is 29.4. The molecule has 0 spiro atoms. The number of carbonyl (C=O) groups is 2. The van der Waals surface area contributed by atoms with Gasteiger partial charge in [-0.25, -0.2) is 0 Å². The molecule has 5 saturated carbocycles. The molecule has 5 aliphatic carbocycles. The van der Waals surface area contributed by atoms with Gasteiger partial charge in [-0.1, -0.05) is 46.0 Å². The van der Waals surface area contributed by atoms with Gasteiger partial charge in [0.05, 0.1) is 11.8 Å². The van der Waals surface area contributed by atoms with Crippen LogP contribution in [-0.4, -0.2) is 24.1 Å². The van der Waals surface area contributed by atoms with E-state index in [0.717, 1.165) is 86.9 Å². The van der Waals surface area contributed by atoms with Crippen molar-refractivity contribution in [3.05, 3.63) is 0 Å². The second kappa shape index (κ2) is 13.7.